The second-order valence-electron chi connectivity index (χ2n) is 8.86. The molecule has 5 rings (SSSR count). The number of nitrogens with one attached hydrogen (secondary N) is 1. The Morgan fingerprint density at radius 3 is 2.40 bits per heavy atom. The van der Waals surface area contributed by atoms with Gasteiger partial charge in [-0.15, -0.1) is 0 Å². The fraction of sp³-hybridized carbons (Fsp3) is 0.269. The lowest BCUT2D eigenvalue weighted by molar-refractivity contribution is -0.117. The Labute approximate surface area is 177 Å². The minimum Gasteiger partial charge on any atom is -0.508 e. The molecule has 1 amide bonds. The molecule has 3 atom stereocenters. The van der Waals surface area contributed by atoms with Gasteiger partial charge in [0.2, 0.25) is 5.91 Å². The van der Waals surface area contributed by atoms with E-state index >= 15 is 0 Å². The largest absolute Gasteiger partial charge is 0.508 e. The van der Waals surface area contributed by atoms with Crippen molar-refractivity contribution in [3.63, 3.8) is 0 Å². The number of para-hydroxylation sites is 3. The molecule has 3 aromatic rings. The van der Waals surface area contributed by atoms with Crippen molar-refractivity contribution in [3.8, 4) is 5.75 Å². The number of anilines is 2. The SMILES string of the molecule is CC1(C)c2ccccc2N2[C@H](C(=O)Nc3ccccc3)[C@H](c3ccccc3O)C[C@@H]21. The number of hydrogen-bond donors (Lipinski definition) is 2. The van der Waals surface area contributed by atoms with Crippen molar-refractivity contribution in [2.45, 2.75) is 43.7 Å². The van der Waals surface area contributed by atoms with Gasteiger partial charge in [-0.2, -0.15) is 0 Å². The number of carbonyl (C=O) groups excluding carboxylic acids is 1. The minimum absolute atomic E-state index is 0.0375. The van der Waals surface area contributed by atoms with Crippen LogP contribution in [0.25, 0.3) is 0 Å². The summed E-state index contributed by atoms with van der Waals surface area (Å²) in [6.07, 6.45) is 0.812. The van der Waals surface area contributed by atoms with Gasteiger partial charge in [0, 0.05) is 28.7 Å². The Bertz CT molecular complexity index is 1090. The Balaban J connectivity index is 1.61. The lowest BCUT2D eigenvalue weighted by atomic mass is 9.77. The molecule has 0 unspecified atom stereocenters. The van der Waals surface area contributed by atoms with Gasteiger partial charge in [0.05, 0.1) is 0 Å². The number of phenolic OH excluding ortho intramolecular Hbond substituents is 1. The van der Waals surface area contributed by atoms with Crippen LogP contribution in [0.3, 0.4) is 0 Å². The van der Waals surface area contributed by atoms with Gasteiger partial charge in [-0.05, 0) is 41.8 Å². The fourth-order valence-electron chi connectivity index (χ4n) is 5.40. The second-order valence-corrected chi connectivity index (χ2v) is 8.86. The first-order valence-corrected chi connectivity index (χ1v) is 10.5. The summed E-state index contributed by atoms with van der Waals surface area (Å²) < 4.78 is 0. The Hall–Kier alpha value is -3.27. The fourth-order valence-corrected chi connectivity index (χ4v) is 5.40. The number of phenols is 1. The number of amides is 1. The van der Waals surface area contributed by atoms with E-state index < -0.39 is 6.04 Å². The molecule has 4 heteroatoms. The smallest absolute Gasteiger partial charge is 0.247 e. The van der Waals surface area contributed by atoms with Gasteiger partial charge in [0.15, 0.2) is 0 Å². The summed E-state index contributed by atoms with van der Waals surface area (Å²) in [5.41, 5.74) is 3.95. The molecule has 152 valence electrons. The van der Waals surface area contributed by atoms with Crippen LogP contribution >= 0.6 is 0 Å². The second kappa shape index (κ2) is 6.91. The highest BCUT2D eigenvalue weighted by molar-refractivity contribution is 5.99. The van der Waals surface area contributed by atoms with E-state index in [0.717, 1.165) is 23.4 Å². The van der Waals surface area contributed by atoms with Crippen LogP contribution in [-0.4, -0.2) is 23.1 Å². The molecule has 2 N–H and O–H groups in total. The van der Waals surface area contributed by atoms with Crippen LogP contribution in [0.15, 0.2) is 78.9 Å². The highest BCUT2D eigenvalue weighted by atomic mass is 16.3. The standard InChI is InChI=1S/C26H26N2O2/c1-26(2)20-13-7-8-14-21(20)28-23(26)16-19(18-12-6-9-15-22(18)29)24(28)25(30)27-17-10-4-3-5-11-17/h3-15,19,23-24,29H,16H2,1-2H3,(H,27,30)/t19-,23+,24-/m0/s1. The molecule has 1 fully saturated rings. The van der Waals surface area contributed by atoms with Crippen LogP contribution in [0.4, 0.5) is 11.4 Å². The molecular weight excluding hydrogens is 372 g/mol. The van der Waals surface area contributed by atoms with E-state index in [1.54, 1.807) is 6.07 Å². The summed E-state index contributed by atoms with van der Waals surface area (Å²) in [7, 11) is 0. The molecule has 0 saturated carbocycles. The maximum atomic E-state index is 13.6. The van der Waals surface area contributed by atoms with E-state index in [2.05, 4.69) is 42.3 Å². The highest BCUT2D eigenvalue weighted by Crippen LogP contribution is 2.55. The van der Waals surface area contributed by atoms with Crippen molar-refractivity contribution in [2.24, 2.45) is 0 Å². The lowest BCUT2D eigenvalue weighted by Crippen LogP contribution is -2.46. The monoisotopic (exact) mass is 398 g/mol. The van der Waals surface area contributed by atoms with Crippen molar-refractivity contribution in [3.05, 3.63) is 90.0 Å². The zero-order valence-corrected chi connectivity index (χ0v) is 17.2. The summed E-state index contributed by atoms with van der Waals surface area (Å²) >= 11 is 0. The summed E-state index contributed by atoms with van der Waals surface area (Å²) in [6.45, 7) is 4.52. The Kier molecular flexibility index (Phi) is 4.31. The van der Waals surface area contributed by atoms with Crippen LogP contribution in [0.1, 0.15) is 37.3 Å². The third-order valence-electron chi connectivity index (χ3n) is 6.85. The van der Waals surface area contributed by atoms with Gasteiger partial charge in [0.25, 0.3) is 0 Å². The maximum absolute atomic E-state index is 13.6. The van der Waals surface area contributed by atoms with Gasteiger partial charge in [-0.25, -0.2) is 0 Å². The predicted octanol–water partition coefficient (Wildman–Crippen LogP) is 5.05. The summed E-state index contributed by atoms with van der Waals surface area (Å²) in [6, 6.07) is 25.2. The first-order chi connectivity index (χ1) is 14.5. The van der Waals surface area contributed by atoms with Gasteiger partial charge < -0.3 is 15.3 Å². The van der Waals surface area contributed by atoms with Crippen molar-refractivity contribution < 1.29 is 9.90 Å². The van der Waals surface area contributed by atoms with Gasteiger partial charge >= 0.3 is 0 Å². The van der Waals surface area contributed by atoms with Crippen molar-refractivity contribution in [1.82, 2.24) is 0 Å². The quantitative estimate of drug-likeness (QED) is 0.649. The summed E-state index contributed by atoms with van der Waals surface area (Å²) in [5.74, 6) is 0.129. The van der Waals surface area contributed by atoms with E-state index in [-0.39, 0.29) is 29.0 Å². The molecule has 0 spiro atoms. The van der Waals surface area contributed by atoms with E-state index in [0.29, 0.717) is 0 Å². The topological polar surface area (TPSA) is 52.6 Å². The molecule has 2 aliphatic rings. The van der Waals surface area contributed by atoms with Crippen LogP contribution < -0.4 is 10.2 Å². The van der Waals surface area contributed by atoms with E-state index in [1.807, 2.05) is 54.6 Å². The normalized spacial score (nSPS) is 23.7. The molecule has 0 aliphatic carbocycles. The van der Waals surface area contributed by atoms with E-state index in [9.17, 15) is 9.90 Å². The first kappa shape index (κ1) is 18.7. The molecule has 30 heavy (non-hydrogen) atoms. The third-order valence-corrected chi connectivity index (χ3v) is 6.85. The van der Waals surface area contributed by atoms with E-state index in [1.165, 1.54) is 5.56 Å². The van der Waals surface area contributed by atoms with Crippen LogP contribution in [0, 0.1) is 0 Å². The molecule has 2 heterocycles. The number of hydrogen-bond acceptors (Lipinski definition) is 3. The summed E-state index contributed by atoms with van der Waals surface area (Å²) in [5, 5.41) is 13.7. The molecule has 1 saturated heterocycles. The van der Waals surface area contributed by atoms with Crippen LogP contribution in [0.2, 0.25) is 0 Å². The first-order valence-electron chi connectivity index (χ1n) is 10.5. The molecular formula is C26H26N2O2. The number of nitrogens with zero attached hydrogens (tertiary/aromatic N) is 1. The highest BCUT2D eigenvalue weighted by Gasteiger charge is 2.56. The van der Waals surface area contributed by atoms with Gasteiger partial charge in [-0.1, -0.05) is 68.4 Å². The third kappa shape index (κ3) is 2.78. The van der Waals surface area contributed by atoms with Crippen molar-refractivity contribution in [2.75, 3.05) is 10.2 Å². The van der Waals surface area contributed by atoms with Gasteiger partial charge in [0.1, 0.15) is 11.8 Å². The van der Waals surface area contributed by atoms with Crippen molar-refractivity contribution in [1.29, 1.82) is 0 Å². The molecule has 3 aromatic carbocycles. The molecule has 4 nitrogen and oxygen atoms in total. The molecule has 2 aliphatic heterocycles. The Morgan fingerprint density at radius 2 is 1.63 bits per heavy atom. The van der Waals surface area contributed by atoms with E-state index in [4.69, 9.17) is 0 Å². The van der Waals surface area contributed by atoms with Crippen LogP contribution in [0.5, 0.6) is 5.75 Å². The zero-order chi connectivity index (χ0) is 20.9. The average molecular weight is 399 g/mol. The number of benzene rings is 3. The minimum atomic E-state index is -0.397. The number of carbonyl (C=O) groups is 1. The zero-order valence-electron chi connectivity index (χ0n) is 17.2. The predicted molar refractivity (Wildman–Crippen MR) is 120 cm³/mol. The number of aromatic hydroxyl groups is 1. The maximum Gasteiger partial charge on any atom is 0.247 e. The Morgan fingerprint density at radius 1 is 0.967 bits per heavy atom. The number of fused-ring (bicyclic) bond motifs is 3. The van der Waals surface area contributed by atoms with Gasteiger partial charge in [-0.3, -0.25) is 4.79 Å². The molecule has 0 radical (unpaired) electrons. The average Bonchev–Trinajstić information content (AvgIpc) is 3.24. The summed E-state index contributed by atoms with van der Waals surface area (Å²) in [4.78, 5) is 15.9. The molecule has 0 bridgehead atoms. The lowest BCUT2D eigenvalue weighted by Gasteiger charge is -2.31. The van der Waals surface area contributed by atoms with Crippen LogP contribution in [-0.2, 0) is 10.2 Å². The van der Waals surface area contributed by atoms with Crippen molar-refractivity contribution >= 4 is 17.3 Å². The molecule has 0 aromatic heterocycles. The number of rotatable bonds is 3.